The van der Waals surface area contributed by atoms with Gasteiger partial charge in [-0.15, -0.1) is 10.2 Å². The number of piperazine rings is 1. The van der Waals surface area contributed by atoms with Gasteiger partial charge < -0.3 is 9.32 Å². The van der Waals surface area contributed by atoms with Gasteiger partial charge in [0.1, 0.15) is 0 Å². The monoisotopic (exact) mass is 272 g/mol. The molecule has 20 heavy (non-hydrogen) atoms. The van der Waals surface area contributed by atoms with Crippen molar-refractivity contribution in [3.8, 4) is 0 Å². The third-order valence-electron chi connectivity index (χ3n) is 3.66. The Hall–Kier alpha value is -1.88. The fourth-order valence-electron chi connectivity index (χ4n) is 2.49. The highest BCUT2D eigenvalue weighted by Crippen LogP contribution is 2.16. The molecule has 0 amide bonds. The van der Waals surface area contributed by atoms with E-state index in [-0.39, 0.29) is 0 Å². The van der Waals surface area contributed by atoms with E-state index >= 15 is 0 Å². The first-order chi connectivity index (χ1) is 9.85. The van der Waals surface area contributed by atoms with Crippen LogP contribution >= 0.6 is 0 Å². The van der Waals surface area contributed by atoms with Crippen LogP contribution in [0, 0.1) is 0 Å². The predicted molar refractivity (Wildman–Crippen MR) is 77.6 cm³/mol. The molecule has 1 aromatic heterocycles. The number of nitrogens with zero attached hydrogens (tertiary/aromatic N) is 4. The molecule has 1 saturated heterocycles. The Morgan fingerprint density at radius 1 is 1.00 bits per heavy atom. The molecule has 0 spiro atoms. The topological polar surface area (TPSA) is 45.4 Å². The first-order valence-corrected chi connectivity index (χ1v) is 7.19. The number of anilines is 1. The smallest absolute Gasteiger partial charge is 0.230 e. The Morgan fingerprint density at radius 3 is 2.35 bits per heavy atom. The van der Waals surface area contributed by atoms with Gasteiger partial charge in [0.2, 0.25) is 11.8 Å². The zero-order valence-corrected chi connectivity index (χ0v) is 11.8. The second-order valence-corrected chi connectivity index (χ2v) is 5.04. The molecule has 1 aromatic carbocycles. The van der Waals surface area contributed by atoms with Crippen molar-refractivity contribution >= 4 is 5.69 Å². The van der Waals surface area contributed by atoms with Gasteiger partial charge in [0, 0.05) is 38.3 Å². The van der Waals surface area contributed by atoms with Gasteiger partial charge in [-0.25, -0.2) is 0 Å². The molecule has 0 N–H and O–H groups in total. The normalized spacial score (nSPS) is 16.6. The van der Waals surface area contributed by atoms with Crippen molar-refractivity contribution in [1.82, 2.24) is 15.1 Å². The molecular formula is C15H20N4O. The molecule has 0 radical (unpaired) electrons. The highest BCUT2D eigenvalue weighted by molar-refractivity contribution is 5.46. The van der Waals surface area contributed by atoms with Gasteiger partial charge in [-0.3, -0.25) is 4.90 Å². The Kier molecular flexibility index (Phi) is 3.97. The highest BCUT2D eigenvalue weighted by atomic mass is 16.4. The standard InChI is InChI=1S/C15H20N4O/c1-2-14-16-17-15(20-14)12-18-8-10-19(11-9-18)13-6-4-3-5-7-13/h3-7H,2,8-12H2,1H3. The van der Waals surface area contributed by atoms with Crippen LogP contribution in [0.4, 0.5) is 5.69 Å². The molecule has 1 aliphatic heterocycles. The fourth-order valence-corrected chi connectivity index (χ4v) is 2.49. The molecule has 1 aliphatic rings. The third kappa shape index (κ3) is 2.99. The van der Waals surface area contributed by atoms with Crippen molar-refractivity contribution in [2.45, 2.75) is 19.9 Å². The summed E-state index contributed by atoms with van der Waals surface area (Å²) in [5.74, 6) is 1.46. The van der Waals surface area contributed by atoms with E-state index in [0.717, 1.165) is 50.9 Å². The van der Waals surface area contributed by atoms with E-state index in [2.05, 4.69) is 50.3 Å². The molecule has 0 aliphatic carbocycles. The zero-order chi connectivity index (χ0) is 13.8. The van der Waals surface area contributed by atoms with Crippen LogP contribution in [0.2, 0.25) is 0 Å². The second-order valence-electron chi connectivity index (χ2n) is 5.04. The number of aryl methyl sites for hydroxylation is 1. The summed E-state index contributed by atoms with van der Waals surface area (Å²) in [5.41, 5.74) is 1.30. The molecule has 2 heterocycles. The largest absolute Gasteiger partial charge is 0.424 e. The van der Waals surface area contributed by atoms with Crippen molar-refractivity contribution in [3.63, 3.8) is 0 Å². The maximum absolute atomic E-state index is 5.57. The van der Waals surface area contributed by atoms with Gasteiger partial charge in [-0.2, -0.15) is 0 Å². The lowest BCUT2D eigenvalue weighted by Gasteiger charge is -2.35. The Balaban J connectivity index is 1.53. The fraction of sp³-hybridized carbons (Fsp3) is 0.467. The summed E-state index contributed by atoms with van der Waals surface area (Å²) in [4.78, 5) is 4.79. The van der Waals surface area contributed by atoms with Gasteiger partial charge in [0.05, 0.1) is 6.54 Å². The summed E-state index contributed by atoms with van der Waals surface area (Å²) in [6.45, 7) is 6.92. The van der Waals surface area contributed by atoms with Crippen molar-refractivity contribution in [2.75, 3.05) is 31.1 Å². The van der Waals surface area contributed by atoms with E-state index in [0.29, 0.717) is 0 Å². The van der Waals surface area contributed by atoms with Crippen molar-refractivity contribution < 1.29 is 4.42 Å². The number of hydrogen-bond acceptors (Lipinski definition) is 5. The molecule has 1 fully saturated rings. The number of benzene rings is 1. The van der Waals surface area contributed by atoms with Crippen LogP contribution in [0.15, 0.2) is 34.7 Å². The lowest BCUT2D eigenvalue weighted by atomic mass is 10.2. The molecule has 106 valence electrons. The van der Waals surface area contributed by atoms with E-state index < -0.39 is 0 Å². The minimum atomic E-state index is 0.725. The first kappa shape index (κ1) is 13.1. The minimum absolute atomic E-state index is 0.725. The van der Waals surface area contributed by atoms with Crippen LogP contribution < -0.4 is 4.90 Å². The Bertz CT molecular complexity index is 532. The lowest BCUT2D eigenvalue weighted by molar-refractivity contribution is 0.224. The van der Waals surface area contributed by atoms with Crippen LogP contribution in [-0.2, 0) is 13.0 Å². The summed E-state index contributed by atoms with van der Waals surface area (Å²) in [7, 11) is 0. The van der Waals surface area contributed by atoms with Gasteiger partial charge in [0.25, 0.3) is 0 Å². The summed E-state index contributed by atoms with van der Waals surface area (Å²) in [6, 6.07) is 10.6. The van der Waals surface area contributed by atoms with Crippen LogP contribution in [-0.4, -0.2) is 41.3 Å². The third-order valence-corrected chi connectivity index (χ3v) is 3.66. The molecule has 5 nitrogen and oxygen atoms in total. The van der Waals surface area contributed by atoms with Crippen molar-refractivity contribution in [1.29, 1.82) is 0 Å². The number of aromatic nitrogens is 2. The predicted octanol–water partition coefficient (Wildman–Crippen LogP) is 1.95. The molecule has 5 heteroatoms. The van der Waals surface area contributed by atoms with E-state index in [1.54, 1.807) is 0 Å². The molecule has 0 saturated carbocycles. The second kappa shape index (κ2) is 6.05. The summed E-state index contributed by atoms with van der Waals surface area (Å²) < 4.78 is 5.57. The maximum atomic E-state index is 5.57. The quantitative estimate of drug-likeness (QED) is 0.851. The molecule has 0 bridgehead atoms. The van der Waals surface area contributed by atoms with Gasteiger partial charge in [-0.05, 0) is 12.1 Å². The molecule has 3 rings (SSSR count). The summed E-state index contributed by atoms with van der Waals surface area (Å²) in [5, 5.41) is 8.10. The van der Waals surface area contributed by atoms with Crippen LogP contribution in [0.5, 0.6) is 0 Å². The number of para-hydroxylation sites is 1. The van der Waals surface area contributed by atoms with E-state index in [9.17, 15) is 0 Å². The Labute approximate surface area is 119 Å². The van der Waals surface area contributed by atoms with Gasteiger partial charge in [-0.1, -0.05) is 25.1 Å². The van der Waals surface area contributed by atoms with Crippen molar-refractivity contribution in [2.24, 2.45) is 0 Å². The number of rotatable bonds is 4. The summed E-state index contributed by atoms with van der Waals surface area (Å²) >= 11 is 0. The zero-order valence-electron chi connectivity index (χ0n) is 11.8. The minimum Gasteiger partial charge on any atom is -0.424 e. The SMILES string of the molecule is CCc1nnc(CN2CCN(c3ccccc3)CC2)o1. The van der Waals surface area contributed by atoms with Gasteiger partial charge >= 0.3 is 0 Å². The average molecular weight is 272 g/mol. The first-order valence-electron chi connectivity index (χ1n) is 7.19. The van der Waals surface area contributed by atoms with Gasteiger partial charge in [0.15, 0.2) is 0 Å². The molecule has 0 atom stereocenters. The molecular weight excluding hydrogens is 252 g/mol. The van der Waals surface area contributed by atoms with E-state index in [4.69, 9.17) is 4.42 Å². The Morgan fingerprint density at radius 2 is 1.70 bits per heavy atom. The lowest BCUT2D eigenvalue weighted by Crippen LogP contribution is -2.46. The van der Waals surface area contributed by atoms with Crippen LogP contribution in [0.25, 0.3) is 0 Å². The van der Waals surface area contributed by atoms with Crippen molar-refractivity contribution in [3.05, 3.63) is 42.1 Å². The molecule has 0 unspecified atom stereocenters. The average Bonchev–Trinajstić information content (AvgIpc) is 2.97. The number of hydrogen-bond donors (Lipinski definition) is 0. The van der Waals surface area contributed by atoms with Crippen LogP contribution in [0.3, 0.4) is 0 Å². The maximum Gasteiger partial charge on any atom is 0.230 e. The van der Waals surface area contributed by atoms with E-state index in [1.807, 2.05) is 6.92 Å². The molecule has 2 aromatic rings. The summed E-state index contributed by atoms with van der Waals surface area (Å²) in [6.07, 6.45) is 0.800. The van der Waals surface area contributed by atoms with Crippen LogP contribution in [0.1, 0.15) is 18.7 Å². The highest BCUT2D eigenvalue weighted by Gasteiger charge is 2.19. The van der Waals surface area contributed by atoms with E-state index in [1.165, 1.54) is 5.69 Å².